The number of carbonyl (C=O) groups excluding carboxylic acids is 2. The summed E-state index contributed by atoms with van der Waals surface area (Å²) in [4.78, 5) is 25.9. The van der Waals surface area contributed by atoms with Gasteiger partial charge in [-0.25, -0.2) is 4.90 Å². The van der Waals surface area contributed by atoms with Crippen LogP contribution >= 0.6 is 0 Å². The number of hydrogen-bond donors (Lipinski definition) is 1. The molecule has 1 N–H and O–H groups in total. The first-order chi connectivity index (χ1) is 11.5. The maximum Gasteiger partial charge on any atom is 0.260 e. The van der Waals surface area contributed by atoms with Crippen LogP contribution in [0.15, 0.2) is 24.3 Å². The average Bonchev–Trinajstić information content (AvgIpc) is 2.80. The van der Waals surface area contributed by atoms with E-state index < -0.39 is 0 Å². The van der Waals surface area contributed by atoms with Crippen LogP contribution in [0, 0.1) is 0 Å². The summed E-state index contributed by atoms with van der Waals surface area (Å²) in [5.41, 5.74) is 1.82. The van der Waals surface area contributed by atoms with E-state index in [0.717, 1.165) is 24.0 Å². The Morgan fingerprint density at radius 3 is 1.80 bits per heavy atom. The monoisotopic (exact) mass is 343 g/mol. The Balaban J connectivity index is 2.76. The Morgan fingerprint density at radius 1 is 1.04 bits per heavy atom. The topological polar surface area (TPSA) is 57.6 Å². The number of nitrogens with zero attached hydrogens (tertiary/aromatic N) is 1. The highest BCUT2D eigenvalue weighted by Gasteiger charge is 2.37. The molecule has 1 aromatic rings. The smallest absolute Gasteiger partial charge is 0.260 e. The van der Waals surface area contributed by atoms with Crippen molar-refractivity contribution in [2.24, 2.45) is 0 Å². The van der Waals surface area contributed by atoms with E-state index in [2.05, 4.69) is 48.1 Å². The lowest BCUT2D eigenvalue weighted by atomic mass is 9.75. The van der Waals surface area contributed by atoms with Crippen molar-refractivity contribution >= 4 is 17.5 Å². The van der Waals surface area contributed by atoms with Gasteiger partial charge < -0.3 is 5.11 Å². The van der Waals surface area contributed by atoms with Gasteiger partial charge in [-0.1, -0.05) is 48.1 Å². The van der Waals surface area contributed by atoms with Gasteiger partial charge in [-0.15, -0.1) is 0 Å². The van der Waals surface area contributed by atoms with Crippen LogP contribution in [-0.2, 0) is 20.4 Å². The molecule has 4 nitrogen and oxygen atoms in total. The van der Waals surface area contributed by atoms with E-state index in [1.807, 2.05) is 0 Å². The van der Waals surface area contributed by atoms with Crippen molar-refractivity contribution in [3.8, 4) is 5.75 Å². The van der Waals surface area contributed by atoms with Crippen molar-refractivity contribution in [3.05, 3.63) is 35.4 Å². The summed E-state index contributed by atoms with van der Waals surface area (Å²) in [6, 6.07) is 3.56. The molecular formula is C21H29NO3. The van der Waals surface area contributed by atoms with Gasteiger partial charge in [0.05, 0.1) is 12.1 Å². The minimum Gasteiger partial charge on any atom is -0.507 e. The van der Waals surface area contributed by atoms with Gasteiger partial charge in [0, 0.05) is 16.7 Å². The first-order valence-electron chi connectivity index (χ1n) is 8.89. The molecule has 0 bridgehead atoms. The maximum atomic E-state index is 12.4. The summed E-state index contributed by atoms with van der Waals surface area (Å²) in [6.07, 6.45) is 1.70. The SMILES string of the molecule is C=C1CC(=O)N(c2cc(C(C)(C)CC)c(O)c(C(C)(C)CC)c2)C1=O. The van der Waals surface area contributed by atoms with E-state index in [1.54, 1.807) is 12.1 Å². The Kier molecular flexibility index (Phi) is 4.86. The Morgan fingerprint density at radius 2 is 1.48 bits per heavy atom. The second-order valence-electron chi connectivity index (χ2n) is 8.18. The van der Waals surface area contributed by atoms with Crippen LogP contribution in [0.3, 0.4) is 0 Å². The molecule has 1 heterocycles. The summed E-state index contributed by atoms with van der Waals surface area (Å²) in [5.74, 6) is -0.349. The van der Waals surface area contributed by atoms with Crippen molar-refractivity contribution in [1.29, 1.82) is 0 Å². The normalized spacial score (nSPS) is 16.1. The van der Waals surface area contributed by atoms with Crippen molar-refractivity contribution in [2.45, 2.75) is 71.6 Å². The standard InChI is InChI=1S/C21H29NO3/c1-8-20(4,5)15-11-14(22-17(23)10-13(3)19(22)25)12-16(18(15)24)21(6,7)9-2/h11-12,24H,3,8-10H2,1-2,4-7H3. The van der Waals surface area contributed by atoms with Crippen LogP contribution < -0.4 is 4.90 Å². The molecule has 25 heavy (non-hydrogen) atoms. The number of rotatable bonds is 5. The molecule has 136 valence electrons. The van der Waals surface area contributed by atoms with Crippen LogP contribution in [0.5, 0.6) is 5.75 Å². The van der Waals surface area contributed by atoms with Crippen LogP contribution in [0.2, 0.25) is 0 Å². The zero-order chi connectivity index (χ0) is 19.2. The lowest BCUT2D eigenvalue weighted by Crippen LogP contribution is -2.30. The average molecular weight is 343 g/mol. The lowest BCUT2D eigenvalue weighted by Gasteiger charge is -2.32. The largest absolute Gasteiger partial charge is 0.507 e. The fourth-order valence-corrected chi connectivity index (χ4v) is 3.03. The van der Waals surface area contributed by atoms with Crippen LogP contribution in [0.4, 0.5) is 5.69 Å². The van der Waals surface area contributed by atoms with Crippen molar-refractivity contribution < 1.29 is 14.7 Å². The number of carbonyl (C=O) groups is 2. The molecule has 2 amide bonds. The maximum absolute atomic E-state index is 12.4. The Labute approximate surface area is 150 Å². The molecule has 1 aromatic carbocycles. The summed E-state index contributed by atoms with van der Waals surface area (Å²) < 4.78 is 0. The molecule has 0 aliphatic carbocycles. The molecule has 2 rings (SSSR count). The highest BCUT2D eigenvalue weighted by molar-refractivity contribution is 6.28. The van der Waals surface area contributed by atoms with Crippen LogP contribution in [0.1, 0.15) is 71.9 Å². The van der Waals surface area contributed by atoms with Gasteiger partial charge in [-0.3, -0.25) is 9.59 Å². The van der Waals surface area contributed by atoms with Gasteiger partial charge in [-0.05, 0) is 35.8 Å². The molecule has 0 unspecified atom stereocenters. The van der Waals surface area contributed by atoms with E-state index in [4.69, 9.17) is 0 Å². The second-order valence-corrected chi connectivity index (χ2v) is 8.18. The number of phenolic OH excluding ortho intramolecular Hbond substituents is 1. The molecule has 0 aromatic heterocycles. The van der Waals surface area contributed by atoms with Gasteiger partial charge in [0.25, 0.3) is 5.91 Å². The molecule has 4 heteroatoms. The van der Waals surface area contributed by atoms with Crippen LogP contribution in [0.25, 0.3) is 0 Å². The van der Waals surface area contributed by atoms with Gasteiger partial charge in [0.1, 0.15) is 5.75 Å². The third kappa shape index (κ3) is 3.22. The predicted molar refractivity (Wildman–Crippen MR) is 101 cm³/mol. The number of aromatic hydroxyl groups is 1. The minimum absolute atomic E-state index is 0.0543. The second kappa shape index (κ2) is 6.32. The first-order valence-corrected chi connectivity index (χ1v) is 8.89. The number of anilines is 1. The summed E-state index contributed by atoms with van der Waals surface area (Å²) in [6.45, 7) is 16.0. The van der Waals surface area contributed by atoms with Crippen molar-refractivity contribution in [1.82, 2.24) is 0 Å². The molecular weight excluding hydrogens is 314 g/mol. The van der Waals surface area contributed by atoms with E-state index in [0.29, 0.717) is 11.3 Å². The molecule has 0 saturated carbocycles. The highest BCUT2D eigenvalue weighted by Crippen LogP contribution is 2.44. The number of hydrogen-bond acceptors (Lipinski definition) is 3. The zero-order valence-corrected chi connectivity index (χ0v) is 16.2. The number of benzene rings is 1. The molecule has 1 saturated heterocycles. The molecule has 1 fully saturated rings. The van der Waals surface area contributed by atoms with E-state index in [-0.39, 0.29) is 34.8 Å². The minimum atomic E-state index is -0.351. The van der Waals surface area contributed by atoms with Gasteiger partial charge in [0.15, 0.2) is 0 Å². The number of imide groups is 1. The third-order valence-electron chi connectivity index (χ3n) is 5.70. The van der Waals surface area contributed by atoms with E-state index in [9.17, 15) is 14.7 Å². The molecule has 0 spiro atoms. The lowest BCUT2D eigenvalue weighted by molar-refractivity contribution is -0.120. The highest BCUT2D eigenvalue weighted by atomic mass is 16.3. The fraction of sp³-hybridized carbons (Fsp3) is 0.524. The molecule has 0 radical (unpaired) electrons. The third-order valence-corrected chi connectivity index (χ3v) is 5.70. The zero-order valence-electron chi connectivity index (χ0n) is 16.2. The van der Waals surface area contributed by atoms with Gasteiger partial charge in [0.2, 0.25) is 5.91 Å². The first kappa shape index (κ1) is 19.2. The molecule has 1 aliphatic heterocycles. The Hall–Kier alpha value is -2.10. The van der Waals surface area contributed by atoms with Crippen LogP contribution in [-0.4, -0.2) is 16.9 Å². The molecule has 0 atom stereocenters. The van der Waals surface area contributed by atoms with Gasteiger partial charge in [-0.2, -0.15) is 0 Å². The number of phenols is 1. The predicted octanol–water partition coefficient (Wildman–Crippen LogP) is 4.59. The van der Waals surface area contributed by atoms with E-state index in [1.165, 1.54) is 4.90 Å². The summed E-state index contributed by atoms with van der Waals surface area (Å²) in [5, 5.41) is 11.0. The summed E-state index contributed by atoms with van der Waals surface area (Å²) in [7, 11) is 0. The summed E-state index contributed by atoms with van der Waals surface area (Å²) >= 11 is 0. The Bertz CT molecular complexity index is 707. The van der Waals surface area contributed by atoms with Gasteiger partial charge >= 0.3 is 0 Å². The quantitative estimate of drug-likeness (QED) is 0.628. The van der Waals surface area contributed by atoms with Crippen molar-refractivity contribution in [3.63, 3.8) is 0 Å². The molecule has 1 aliphatic rings. The van der Waals surface area contributed by atoms with E-state index >= 15 is 0 Å². The fourth-order valence-electron chi connectivity index (χ4n) is 3.03. The number of amides is 2. The van der Waals surface area contributed by atoms with Crippen molar-refractivity contribution in [2.75, 3.05) is 4.90 Å².